The largest absolute Gasteiger partial charge is 0.393 e. The number of hydrogen-bond acceptors (Lipinski definition) is 2. The third-order valence-corrected chi connectivity index (χ3v) is 3.18. The van der Waals surface area contributed by atoms with E-state index in [1.54, 1.807) is 0 Å². The lowest BCUT2D eigenvalue weighted by molar-refractivity contribution is 0.116. The Labute approximate surface area is 91.1 Å². The van der Waals surface area contributed by atoms with Gasteiger partial charge in [-0.15, -0.1) is 0 Å². The van der Waals surface area contributed by atoms with Gasteiger partial charge in [0.15, 0.2) is 0 Å². The number of aromatic nitrogens is 1. The zero-order valence-corrected chi connectivity index (χ0v) is 9.32. The van der Waals surface area contributed by atoms with Gasteiger partial charge in [0, 0.05) is 32.0 Å². The molecule has 0 aromatic carbocycles. The number of aliphatic hydroxyl groups excluding tert-OH is 1. The minimum atomic E-state index is -0.0558. The van der Waals surface area contributed by atoms with E-state index in [1.807, 2.05) is 7.05 Å². The zero-order chi connectivity index (χ0) is 10.7. The van der Waals surface area contributed by atoms with Gasteiger partial charge >= 0.3 is 0 Å². The van der Waals surface area contributed by atoms with E-state index in [0.29, 0.717) is 6.04 Å². The Balaban J connectivity index is 1.74. The molecule has 1 fully saturated rings. The first-order valence-corrected chi connectivity index (χ1v) is 5.76. The van der Waals surface area contributed by atoms with Gasteiger partial charge in [-0.2, -0.15) is 0 Å². The summed E-state index contributed by atoms with van der Waals surface area (Å²) in [5.74, 6) is 0. The number of hydrogen-bond donors (Lipinski definition) is 2. The lowest BCUT2D eigenvalue weighted by Crippen LogP contribution is -2.34. The van der Waals surface area contributed by atoms with Crippen molar-refractivity contribution in [3.8, 4) is 0 Å². The first-order valence-electron chi connectivity index (χ1n) is 5.76. The molecule has 0 saturated heterocycles. The molecule has 0 amide bonds. The summed E-state index contributed by atoms with van der Waals surface area (Å²) in [5, 5.41) is 12.9. The van der Waals surface area contributed by atoms with Gasteiger partial charge < -0.3 is 15.0 Å². The van der Waals surface area contributed by atoms with Gasteiger partial charge in [-0.3, -0.25) is 0 Å². The fraction of sp³-hybridized carbons (Fsp3) is 0.667. The van der Waals surface area contributed by atoms with Gasteiger partial charge in [0.25, 0.3) is 0 Å². The fourth-order valence-electron chi connectivity index (χ4n) is 2.21. The van der Waals surface area contributed by atoms with Gasteiger partial charge in [-0.25, -0.2) is 0 Å². The van der Waals surface area contributed by atoms with Gasteiger partial charge in [0.1, 0.15) is 0 Å². The second-order valence-corrected chi connectivity index (χ2v) is 4.57. The number of nitrogens with one attached hydrogen (secondary N) is 1. The minimum Gasteiger partial charge on any atom is -0.393 e. The number of nitrogens with zero attached hydrogens (tertiary/aromatic N) is 1. The van der Waals surface area contributed by atoms with E-state index < -0.39 is 0 Å². The number of aryl methyl sites for hydroxylation is 1. The van der Waals surface area contributed by atoms with Crippen molar-refractivity contribution in [3.63, 3.8) is 0 Å². The molecule has 1 aromatic heterocycles. The van der Waals surface area contributed by atoms with Crippen LogP contribution < -0.4 is 5.32 Å². The van der Waals surface area contributed by atoms with E-state index in [2.05, 4.69) is 28.3 Å². The molecule has 0 aliphatic heterocycles. The molecule has 15 heavy (non-hydrogen) atoms. The first-order chi connectivity index (χ1) is 7.24. The number of aliphatic hydroxyl groups is 1. The van der Waals surface area contributed by atoms with Crippen molar-refractivity contribution < 1.29 is 5.11 Å². The fourth-order valence-corrected chi connectivity index (χ4v) is 2.21. The van der Waals surface area contributed by atoms with Crippen LogP contribution in [0, 0.1) is 0 Å². The highest BCUT2D eigenvalue weighted by Gasteiger charge is 2.18. The van der Waals surface area contributed by atoms with Crippen LogP contribution in [0.15, 0.2) is 18.5 Å². The highest BCUT2D eigenvalue weighted by molar-refractivity contribution is 5.09. The molecule has 1 aromatic rings. The third kappa shape index (κ3) is 3.08. The predicted molar refractivity (Wildman–Crippen MR) is 60.5 cm³/mol. The van der Waals surface area contributed by atoms with Crippen molar-refractivity contribution in [1.29, 1.82) is 0 Å². The normalized spacial score (nSPS) is 26.8. The van der Waals surface area contributed by atoms with E-state index >= 15 is 0 Å². The molecule has 1 saturated carbocycles. The van der Waals surface area contributed by atoms with Crippen molar-refractivity contribution in [2.24, 2.45) is 7.05 Å². The summed E-state index contributed by atoms with van der Waals surface area (Å²) in [4.78, 5) is 0. The molecule has 1 aliphatic rings. The maximum atomic E-state index is 9.38. The van der Waals surface area contributed by atoms with Crippen molar-refractivity contribution >= 4 is 0 Å². The second-order valence-electron chi connectivity index (χ2n) is 4.57. The van der Waals surface area contributed by atoms with Crippen molar-refractivity contribution in [2.75, 3.05) is 0 Å². The van der Waals surface area contributed by atoms with Crippen LogP contribution in [0.25, 0.3) is 0 Å². The van der Waals surface area contributed by atoms with E-state index in [4.69, 9.17) is 0 Å². The van der Waals surface area contributed by atoms with Crippen molar-refractivity contribution in [3.05, 3.63) is 24.0 Å². The molecule has 0 unspecified atom stereocenters. The lowest BCUT2D eigenvalue weighted by atomic mass is 9.93. The van der Waals surface area contributed by atoms with Gasteiger partial charge in [0.05, 0.1) is 6.10 Å². The Morgan fingerprint density at radius 1 is 1.40 bits per heavy atom. The summed E-state index contributed by atoms with van der Waals surface area (Å²) >= 11 is 0. The third-order valence-electron chi connectivity index (χ3n) is 3.18. The topological polar surface area (TPSA) is 37.2 Å². The molecule has 3 heteroatoms. The molecular weight excluding hydrogens is 188 g/mol. The minimum absolute atomic E-state index is 0.0558. The monoisotopic (exact) mass is 208 g/mol. The molecule has 0 atom stereocenters. The smallest absolute Gasteiger partial charge is 0.0541 e. The molecule has 3 nitrogen and oxygen atoms in total. The average molecular weight is 208 g/mol. The van der Waals surface area contributed by atoms with Crippen LogP contribution in [0.5, 0.6) is 0 Å². The Morgan fingerprint density at radius 2 is 2.13 bits per heavy atom. The summed E-state index contributed by atoms with van der Waals surface area (Å²) in [6.07, 6.45) is 8.27. The standard InChI is InChI=1S/C12H20N2O/c1-14-7-6-10(9-14)8-13-11-2-4-12(15)5-3-11/h6-7,9,11-13,15H,2-5,8H2,1H3. The molecule has 2 rings (SSSR count). The van der Waals surface area contributed by atoms with Crippen LogP contribution in [0.3, 0.4) is 0 Å². The predicted octanol–water partition coefficient (Wildman–Crippen LogP) is 1.42. The molecule has 1 aliphatic carbocycles. The average Bonchev–Trinajstić information content (AvgIpc) is 2.64. The molecule has 2 N–H and O–H groups in total. The van der Waals surface area contributed by atoms with Crippen LogP contribution in [-0.4, -0.2) is 21.8 Å². The molecule has 0 radical (unpaired) electrons. The summed E-state index contributed by atoms with van der Waals surface area (Å²) in [7, 11) is 2.04. The van der Waals surface area contributed by atoms with Crippen LogP contribution in [0.1, 0.15) is 31.2 Å². The Kier molecular flexibility index (Phi) is 3.44. The van der Waals surface area contributed by atoms with Gasteiger partial charge in [0.2, 0.25) is 0 Å². The quantitative estimate of drug-likeness (QED) is 0.788. The molecule has 1 heterocycles. The van der Waals surface area contributed by atoms with Gasteiger partial charge in [-0.1, -0.05) is 0 Å². The highest BCUT2D eigenvalue weighted by Crippen LogP contribution is 2.18. The van der Waals surface area contributed by atoms with Crippen LogP contribution in [0.4, 0.5) is 0 Å². The summed E-state index contributed by atoms with van der Waals surface area (Å²) in [6.45, 7) is 0.946. The SMILES string of the molecule is Cn1ccc(CNC2CCC(O)CC2)c1. The number of rotatable bonds is 3. The van der Waals surface area contributed by atoms with Crippen molar-refractivity contribution in [1.82, 2.24) is 9.88 Å². The van der Waals surface area contributed by atoms with Gasteiger partial charge in [-0.05, 0) is 37.3 Å². The van der Waals surface area contributed by atoms with Crippen LogP contribution >= 0.6 is 0 Å². The maximum absolute atomic E-state index is 9.38. The Bertz CT molecular complexity index is 300. The highest BCUT2D eigenvalue weighted by atomic mass is 16.3. The van der Waals surface area contributed by atoms with E-state index in [9.17, 15) is 5.11 Å². The molecular formula is C12H20N2O. The van der Waals surface area contributed by atoms with E-state index in [0.717, 1.165) is 32.2 Å². The first kappa shape index (κ1) is 10.7. The summed E-state index contributed by atoms with van der Waals surface area (Å²) < 4.78 is 2.07. The maximum Gasteiger partial charge on any atom is 0.0541 e. The van der Waals surface area contributed by atoms with Crippen molar-refractivity contribution in [2.45, 2.75) is 44.4 Å². The Morgan fingerprint density at radius 3 is 2.73 bits per heavy atom. The second kappa shape index (κ2) is 4.81. The summed E-state index contributed by atoms with van der Waals surface area (Å²) in [5.41, 5.74) is 1.34. The lowest BCUT2D eigenvalue weighted by Gasteiger charge is -2.26. The van der Waals surface area contributed by atoms with E-state index in [1.165, 1.54) is 5.56 Å². The molecule has 0 bridgehead atoms. The Hall–Kier alpha value is -0.800. The molecule has 84 valence electrons. The zero-order valence-electron chi connectivity index (χ0n) is 9.32. The van der Waals surface area contributed by atoms with E-state index in [-0.39, 0.29) is 6.10 Å². The van der Waals surface area contributed by atoms with Crippen LogP contribution in [-0.2, 0) is 13.6 Å². The summed E-state index contributed by atoms with van der Waals surface area (Å²) in [6, 6.07) is 2.73. The molecule has 0 spiro atoms. The van der Waals surface area contributed by atoms with Crippen LogP contribution in [0.2, 0.25) is 0 Å².